The van der Waals surface area contributed by atoms with E-state index in [2.05, 4.69) is 33.3 Å². The zero-order valence-electron chi connectivity index (χ0n) is 17.3. The quantitative estimate of drug-likeness (QED) is 0.336. The lowest BCUT2D eigenvalue weighted by atomic mass is 10.1. The van der Waals surface area contributed by atoms with Crippen LogP contribution in [0, 0.1) is 5.41 Å². The summed E-state index contributed by atoms with van der Waals surface area (Å²) in [6.07, 6.45) is 7.18. The van der Waals surface area contributed by atoms with Gasteiger partial charge in [-0.25, -0.2) is 14.5 Å². The molecule has 0 amide bonds. The molecule has 1 aliphatic heterocycles. The van der Waals surface area contributed by atoms with Gasteiger partial charge in [-0.05, 0) is 44.0 Å². The number of pyridine rings is 1. The first-order valence-corrected chi connectivity index (χ1v) is 10.4. The van der Waals surface area contributed by atoms with Crippen molar-refractivity contribution in [3.63, 3.8) is 0 Å². The molecule has 4 N–H and O–H groups in total. The van der Waals surface area contributed by atoms with Crippen molar-refractivity contribution in [1.29, 1.82) is 5.41 Å². The van der Waals surface area contributed by atoms with Gasteiger partial charge in [0.25, 0.3) is 0 Å². The molecule has 156 valence electrons. The van der Waals surface area contributed by atoms with E-state index in [1.807, 2.05) is 42.6 Å². The Kier molecular flexibility index (Phi) is 4.74. The van der Waals surface area contributed by atoms with E-state index in [4.69, 9.17) is 16.1 Å². The summed E-state index contributed by atoms with van der Waals surface area (Å²) < 4.78 is 1.74. The smallest absolute Gasteiger partial charge is 0.177 e. The van der Waals surface area contributed by atoms with Crippen molar-refractivity contribution >= 4 is 34.9 Å². The van der Waals surface area contributed by atoms with Crippen LogP contribution < -0.4 is 16.0 Å². The largest absolute Gasteiger partial charge is 0.398 e. The maximum atomic E-state index is 7.44. The van der Waals surface area contributed by atoms with Gasteiger partial charge in [-0.3, -0.25) is 0 Å². The maximum absolute atomic E-state index is 7.44. The van der Waals surface area contributed by atoms with Gasteiger partial charge in [-0.2, -0.15) is 5.10 Å². The predicted molar refractivity (Wildman–Crippen MR) is 124 cm³/mol. The first kappa shape index (κ1) is 19.0. The van der Waals surface area contributed by atoms with E-state index >= 15 is 0 Å². The fraction of sp³-hybridized carbons (Fsp3) is 0.217. The normalized spacial score (nSPS) is 16.0. The Morgan fingerprint density at radius 3 is 2.90 bits per heavy atom. The number of hydrogen-bond acceptors (Lipinski definition) is 7. The minimum atomic E-state index is 0.503. The van der Waals surface area contributed by atoms with Crippen LogP contribution >= 0.6 is 0 Å². The summed E-state index contributed by atoms with van der Waals surface area (Å²) in [5, 5.41) is 15.5. The van der Waals surface area contributed by atoms with Gasteiger partial charge >= 0.3 is 0 Å². The van der Waals surface area contributed by atoms with Gasteiger partial charge in [0.15, 0.2) is 5.65 Å². The highest BCUT2D eigenvalue weighted by atomic mass is 15.3. The molecule has 0 aliphatic carbocycles. The second kappa shape index (κ2) is 7.71. The first-order valence-electron chi connectivity index (χ1n) is 10.4. The minimum absolute atomic E-state index is 0.503. The molecule has 0 spiro atoms. The van der Waals surface area contributed by atoms with Crippen molar-refractivity contribution < 1.29 is 0 Å². The van der Waals surface area contributed by atoms with Crippen LogP contribution in [0.4, 0.5) is 23.0 Å². The molecule has 4 heterocycles. The monoisotopic (exact) mass is 412 g/mol. The maximum Gasteiger partial charge on any atom is 0.177 e. The van der Waals surface area contributed by atoms with Crippen LogP contribution in [0.2, 0.25) is 0 Å². The third-order valence-electron chi connectivity index (χ3n) is 5.74. The highest BCUT2D eigenvalue weighted by Gasteiger charge is 2.21. The van der Waals surface area contributed by atoms with Crippen molar-refractivity contribution in [3.05, 3.63) is 60.4 Å². The molecule has 0 bridgehead atoms. The number of imidazole rings is 1. The van der Waals surface area contributed by atoms with E-state index in [-0.39, 0.29) is 0 Å². The van der Waals surface area contributed by atoms with Gasteiger partial charge in [-0.15, -0.1) is 0 Å². The highest BCUT2D eigenvalue weighted by Crippen LogP contribution is 2.29. The second-order valence-corrected chi connectivity index (χ2v) is 7.82. The third-order valence-corrected chi connectivity index (χ3v) is 5.74. The molecule has 3 aromatic heterocycles. The van der Waals surface area contributed by atoms with Crippen LogP contribution in [0.25, 0.3) is 16.9 Å². The molecule has 1 saturated heterocycles. The lowest BCUT2D eigenvalue weighted by Gasteiger charge is -2.23. The minimum Gasteiger partial charge on any atom is -0.398 e. The standard InChI is InChI=1S/C23H24N8/c1-15-4-3-10-30(15)22-6-2-5-21(28-22)27-20-13-19(29-31-11-9-26-23(20)31)16-7-8-17(14-24)18(25)12-16/h2,5-9,11-15,24H,3-4,10,25H2,1H3,(H,27,28). The summed E-state index contributed by atoms with van der Waals surface area (Å²) in [7, 11) is 0. The molecule has 1 aromatic carbocycles. The molecule has 8 nitrogen and oxygen atoms in total. The number of aromatic nitrogens is 4. The van der Waals surface area contributed by atoms with Gasteiger partial charge in [-0.1, -0.05) is 18.2 Å². The SMILES string of the molecule is CC1CCCN1c1cccc(Nc2cc(-c3ccc(C=N)c(N)c3)nn3ccnc23)n1. The molecule has 5 rings (SSSR count). The van der Waals surface area contributed by atoms with E-state index in [0.29, 0.717) is 17.3 Å². The Bertz CT molecular complexity index is 1260. The lowest BCUT2D eigenvalue weighted by molar-refractivity contribution is 0.727. The number of nitrogen functional groups attached to an aromatic ring is 1. The lowest BCUT2D eigenvalue weighted by Crippen LogP contribution is -2.27. The summed E-state index contributed by atoms with van der Waals surface area (Å²) in [6, 6.07) is 14.1. The van der Waals surface area contributed by atoms with E-state index in [1.54, 1.807) is 10.7 Å². The highest BCUT2D eigenvalue weighted by molar-refractivity contribution is 5.87. The van der Waals surface area contributed by atoms with Crippen molar-refractivity contribution in [1.82, 2.24) is 19.6 Å². The van der Waals surface area contributed by atoms with Crippen molar-refractivity contribution in [2.45, 2.75) is 25.8 Å². The molecule has 1 fully saturated rings. The van der Waals surface area contributed by atoms with Crippen LogP contribution in [0.5, 0.6) is 0 Å². The Morgan fingerprint density at radius 2 is 2.13 bits per heavy atom. The number of benzene rings is 1. The van der Waals surface area contributed by atoms with Gasteiger partial charge in [0.05, 0.1) is 11.4 Å². The summed E-state index contributed by atoms with van der Waals surface area (Å²) in [4.78, 5) is 11.6. The topological polar surface area (TPSA) is 108 Å². The molecular weight excluding hydrogens is 388 g/mol. The molecule has 0 saturated carbocycles. The summed E-state index contributed by atoms with van der Waals surface area (Å²) in [5.74, 6) is 1.75. The molecule has 0 radical (unpaired) electrons. The first-order chi connectivity index (χ1) is 15.1. The predicted octanol–water partition coefficient (Wildman–Crippen LogP) is 4.10. The van der Waals surface area contributed by atoms with Crippen LogP contribution in [0.15, 0.2) is 54.9 Å². The fourth-order valence-electron chi connectivity index (χ4n) is 4.08. The van der Waals surface area contributed by atoms with Crippen molar-refractivity contribution in [3.8, 4) is 11.3 Å². The number of anilines is 4. The molecule has 4 aromatic rings. The Morgan fingerprint density at radius 1 is 1.23 bits per heavy atom. The zero-order valence-corrected chi connectivity index (χ0v) is 17.3. The van der Waals surface area contributed by atoms with Crippen LogP contribution in [-0.2, 0) is 0 Å². The summed E-state index contributed by atoms with van der Waals surface area (Å²) in [6.45, 7) is 3.28. The Balaban J connectivity index is 1.52. The van der Waals surface area contributed by atoms with Gasteiger partial charge in [0.1, 0.15) is 11.6 Å². The molecule has 1 unspecified atom stereocenters. The zero-order chi connectivity index (χ0) is 21.4. The third kappa shape index (κ3) is 3.56. The Hall–Kier alpha value is -3.94. The van der Waals surface area contributed by atoms with Gasteiger partial charge in [0, 0.05) is 48.0 Å². The van der Waals surface area contributed by atoms with Crippen molar-refractivity contribution in [2.24, 2.45) is 0 Å². The number of nitrogens with zero attached hydrogens (tertiary/aromatic N) is 5. The molecular formula is C23H24N8. The number of nitrogens with two attached hydrogens (primary N) is 1. The van der Waals surface area contributed by atoms with E-state index in [1.165, 1.54) is 19.1 Å². The van der Waals surface area contributed by atoms with E-state index < -0.39 is 0 Å². The Labute approximate surface area is 180 Å². The fourth-order valence-corrected chi connectivity index (χ4v) is 4.08. The van der Waals surface area contributed by atoms with Crippen LogP contribution in [0.1, 0.15) is 25.3 Å². The second-order valence-electron chi connectivity index (χ2n) is 7.82. The number of hydrogen-bond donors (Lipinski definition) is 3. The number of rotatable bonds is 5. The average Bonchev–Trinajstić information content (AvgIpc) is 3.42. The molecule has 31 heavy (non-hydrogen) atoms. The van der Waals surface area contributed by atoms with E-state index in [0.717, 1.165) is 40.8 Å². The number of fused-ring (bicyclic) bond motifs is 1. The van der Waals surface area contributed by atoms with Crippen LogP contribution in [0.3, 0.4) is 0 Å². The van der Waals surface area contributed by atoms with Crippen LogP contribution in [-0.4, -0.2) is 38.4 Å². The summed E-state index contributed by atoms with van der Waals surface area (Å²) >= 11 is 0. The molecule has 8 heteroatoms. The summed E-state index contributed by atoms with van der Waals surface area (Å²) in [5.41, 5.74) is 10.5. The molecule has 1 aliphatic rings. The number of nitrogens with one attached hydrogen (secondary N) is 2. The molecule has 1 atom stereocenters. The van der Waals surface area contributed by atoms with E-state index in [9.17, 15) is 0 Å². The van der Waals surface area contributed by atoms with Gasteiger partial charge in [0.2, 0.25) is 0 Å². The average molecular weight is 413 g/mol. The van der Waals surface area contributed by atoms with Gasteiger partial charge < -0.3 is 21.4 Å². The van der Waals surface area contributed by atoms with Crippen molar-refractivity contribution in [2.75, 3.05) is 22.5 Å².